The highest BCUT2D eigenvalue weighted by Crippen LogP contribution is 2.11. The first-order chi connectivity index (χ1) is 9.19. The molecular formula is C16H13NO2. The van der Waals surface area contributed by atoms with Gasteiger partial charge in [-0.3, -0.25) is 0 Å². The number of carbonyl (C=O) groups excluding carboxylic acids is 1. The number of aryl methyl sites for hydroxylation is 1. The zero-order valence-electron chi connectivity index (χ0n) is 10.6. The number of esters is 1. The van der Waals surface area contributed by atoms with Crippen LogP contribution in [0.3, 0.4) is 0 Å². The molecule has 3 nitrogen and oxygen atoms in total. The molecule has 2 aromatic rings. The van der Waals surface area contributed by atoms with Crippen LogP contribution in [0.25, 0.3) is 0 Å². The van der Waals surface area contributed by atoms with Crippen LogP contribution in [-0.2, 0) is 11.3 Å². The van der Waals surface area contributed by atoms with Gasteiger partial charge in [0.25, 0.3) is 0 Å². The molecular weight excluding hydrogens is 238 g/mol. The number of hydrogen-bond acceptors (Lipinski definition) is 3. The van der Waals surface area contributed by atoms with E-state index in [1.54, 1.807) is 18.2 Å². The second-order valence-electron chi connectivity index (χ2n) is 4.26. The fraction of sp³-hybridized carbons (Fsp3) is 0.125. The summed E-state index contributed by atoms with van der Waals surface area (Å²) in [7, 11) is 0. The molecule has 0 amide bonds. The van der Waals surface area contributed by atoms with E-state index in [9.17, 15) is 4.79 Å². The van der Waals surface area contributed by atoms with E-state index in [2.05, 4.69) is 0 Å². The molecule has 3 heteroatoms. The Labute approximate surface area is 112 Å². The number of nitrogens with zero attached hydrogens (tertiary/aromatic N) is 1. The molecule has 0 heterocycles. The summed E-state index contributed by atoms with van der Waals surface area (Å²) >= 11 is 0. The van der Waals surface area contributed by atoms with E-state index >= 15 is 0 Å². The Morgan fingerprint density at radius 2 is 1.95 bits per heavy atom. The summed E-state index contributed by atoms with van der Waals surface area (Å²) in [5.41, 5.74) is 2.67. The second kappa shape index (κ2) is 5.83. The van der Waals surface area contributed by atoms with Crippen molar-refractivity contribution in [2.45, 2.75) is 13.5 Å². The Kier molecular flexibility index (Phi) is 3.94. The fourth-order valence-corrected chi connectivity index (χ4v) is 1.77. The highest BCUT2D eigenvalue weighted by atomic mass is 16.5. The van der Waals surface area contributed by atoms with E-state index in [1.807, 2.05) is 43.3 Å². The molecule has 0 unspecified atom stereocenters. The quantitative estimate of drug-likeness (QED) is 0.787. The SMILES string of the molecule is Cc1cc(C#N)cc(C(=O)OCc2ccccc2)c1. The molecule has 2 rings (SSSR count). The van der Waals surface area contributed by atoms with Gasteiger partial charge in [-0.25, -0.2) is 4.79 Å². The average molecular weight is 251 g/mol. The van der Waals surface area contributed by atoms with Gasteiger partial charge in [-0.1, -0.05) is 30.3 Å². The Balaban J connectivity index is 2.08. The standard InChI is InChI=1S/C16H13NO2/c1-12-7-14(10-17)9-15(8-12)16(18)19-11-13-5-3-2-4-6-13/h2-9H,11H2,1H3. The van der Waals surface area contributed by atoms with Gasteiger partial charge in [0, 0.05) is 0 Å². The van der Waals surface area contributed by atoms with Crippen LogP contribution in [-0.4, -0.2) is 5.97 Å². The largest absolute Gasteiger partial charge is 0.457 e. The topological polar surface area (TPSA) is 50.1 Å². The summed E-state index contributed by atoms with van der Waals surface area (Å²) in [6.07, 6.45) is 0. The van der Waals surface area contributed by atoms with Crippen LogP contribution in [0.15, 0.2) is 48.5 Å². The predicted octanol–water partition coefficient (Wildman–Crippen LogP) is 3.22. The van der Waals surface area contributed by atoms with Crippen molar-refractivity contribution in [3.8, 4) is 6.07 Å². The van der Waals surface area contributed by atoms with Crippen molar-refractivity contribution in [3.05, 3.63) is 70.8 Å². The predicted molar refractivity (Wildman–Crippen MR) is 71.5 cm³/mol. The lowest BCUT2D eigenvalue weighted by Gasteiger charge is -2.06. The van der Waals surface area contributed by atoms with Crippen molar-refractivity contribution in [3.63, 3.8) is 0 Å². The van der Waals surface area contributed by atoms with E-state index in [-0.39, 0.29) is 6.61 Å². The number of carbonyl (C=O) groups is 1. The molecule has 0 fully saturated rings. The Hall–Kier alpha value is -2.60. The molecule has 94 valence electrons. The highest BCUT2D eigenvalue weighted by Gasteiger charge is 2.09. The summed E-state index contributed by atoms with van der Waals surface area (Å²) in [6, 6.07) is 16.5. The lowest BCUT2D eigenvalue weighted by Crippen LogP contribution is -2.06. The van der Waals surface area contributed by atoms with E-state index < -0.39 is 5.97 Å². The summed E-state index contributed by atoms with van der Waals surface area (Å²) in [6.45, 7) is 2.07. The minimum absolute atomic E-state index is 0.232. The molecule has 0 aliphatic carbocycles. The number of benzene rings is 2. The van der Waals surface area contributed by atoms with Gasteiger partial charge in [0.15, 0.2) is 0 Å². The van der Waals surface area contributed by atoms with Gasteiger partial charge in [0.05, 0.1) is 17.2 Å². The molecule has 0 N–H and O–H groups in total. The Morgan fingerprint density at radius 3 is 2.63 bits per heavy atom. The monoisotopic (exact) mass is 251 g/mol. The second-order valence-corrected chi connectivity index (χ2v) is 4.26. The molecule has 2 aromatic carbocycles. The van der Waals surface area contributed by atoms with Crippen LogP contribution in [0.2, 0.25) is 0 Å². The van der Waals surface area contributed by atoms with Crippen molar-refractivity contribution >= 4 is 5.97 Å². The van der Waals surface area contributed by atoms with E-state index in [0.717, 1.165) is 11.1 Å². The van der Waals surface area contributed by atoms with E-state index in [0.29, 0.717) is 11.1 Å². The van der Waals surface area contributed by atoms with Gasteiger partial charge in [-0.05, 0) is 36.2 Å². The Bertz CT molecular complexity index is 627. The zero-order chi connectivity index (χ0) is 13.7. The smallest absolute Gasteiger partial charge is 0.338 e. The van der Waals surface area contributed by atoms with Gasteiger partial charge in [-0.2, -0.15) is 5.26 Å². The first-order valence-corrected chi connectivity index (χ1v) is 5.92. The normalized spacial score (nSPS) is 9.68. The molecule has 0 bridgehead atoms. The van der Waals surface area contributed by atoms with Crippen LogP contribution in [0.1, 0.15) is 27.0 Å². The maximum Gasteiger partial charge on any atom is 0.338 e. The minimum Gasteiger partial charge on any atom is -0.457 e. The number of hydrogen-bond donors (Lipinski definition) is 0. The third-order valence-corrected chi connectivity index (χ3v) is 2.65. The fourth-order valence-electron chi connectivity index (χ4n) is 1.77. The molecule has 0 aromatic heterocycles. The average Bonchev–Trinajstić information content (AvgIpc) is 2.45. The van der Waals surface area contributed by atoms with Crippen LogP contribution in [0.5, 0.6) is 0 Å². The third-order valence-electron chi connectivity index (χ3n) is 2.65. The number of ether oxygens (including phenoxy) is 1. The molecule has 0 saturated carbocycles. The van der Waals surface area contributed by atoms with Crippen molar-refractivity contribution in [1.29, 1.82) is 5.26 Å². The van der Waals surface area contributed by atoms with Crippen LogP contribution < -0.4 is 0 Å². The maximum atomic E-state index is 11.9. The summed E-state index contributed by atoms with van der Waals surface area (Å²) in [4.78, 5) is 11.9. The molecule has 0 radical (unpaired) electrons. The summed E-state index contributed by atoms with van der Waals surface area (Å²) < 4.78 is 5.22. The van der Waals surface area contributed by atoms with E-state index in [4.69, 9.17) is 10.00 Å². The Morgan fingerprint density at radius 1 is 1.21 bits per heavy atom. The van der Waals surface area contributed by atoms with Gasteiger partial charge >= 0.3 is 5.97 Å². The van der Waals surface area contributed by atoms with Crippen LogP contribution in [0.4, 0.5) is 0 Å². The molecule has 0 aliphatic rings. The zero-order valence-corrected chi connectivity index (χ0v) is 10.6. The van der Waals surface area contributed by atoms with E-state index in [1.165, 1.54) is 0 Å². The molecule has 0 saturated heterocycles. The van der Waals surface area contributed by atoms with Crippen molar-refractivity contribution in [1.82, 2.24) is 0 Å². The summed E-state index contributed by atoms with van der Waals surface area (Å²) in [5, 5.41) is 8.87. The van der Waals surface area contributed by atoms with Gasteiger partial charge < -0.3 is 4.74 Å². The first-order valence-electron chi connectivity index (χ1n) is 5.92. The summed E-state index contributed by atoms with van der Waals surface area (Å²) in [5.74, 6) is -0.413. The third kappa shape index (κ3) is 3.43. The van der Waals surface area contributed by atoms with Gasteiger partial charge in [-0.15, -0.1) is 0 Å². The van der Waals surface area contributed by atoms with Crippen molar-refractivity contribution in [2.24, 2.45) is 0 Å². The minimum atomic E-state index is -0.413. The van der Waals surface area contributed by atoms with Crippen LogP contribution >= 0.6 is 0 Å². The van der Waals surface area contributed by atoms with Crippen molar-refractivity contribution in [2.75, 3.05) is 0 Å². The molecule has 0 spiro atoms. The van der Waals surface area contributed by atoms with Gasteiger partial charge in [0.2, 0.25) is 0 Å². The molecule has 0 atom stereocenters. The lowest BCUT2D eigenvalue weighted by molar-refractivity contribution is 0.0472. The number of rotatable bonds is 3. The maximum absolute atomic E-state index is 11.9. The van der Waals surface area contributed by atoms with Crippen LogP contribution in [0, 0.1) is 18.3 Å². The highest BCUT2D eigenvalue weighted by molar-refractivity contribution is 5.90. The first kappa shape index (κ1) is 12.8. The molecule has 0 aliphatic heterocycles. The van der Waals surface area contributed by atoms with Gasteiger partial charge in [0.1, 0.15) is 6.61 Å². The number of nitriles is 1. The lowest BCUT2D eigenvalue weighted by atomic mass is 10.1. The van der Waals surface area contributed by atoms with Crippen molar-refractivity contribution < 1.29 is 9.53 Å². The molecule has 19 heavy (non-hydrogen) atoms.